The van der Waals surface area contributed by atoms with Gasteiger partial charge in [-0.2, -0.15) is 0 Å². The second kappa shape index (κ2) is 6.27. The lowest BCUT2D eigenvalue weighted by Crippen LogP contribution is -2.40. The van der Waals surface area contributed by atoms with Gasteiger partial charge >= 0.3 is 5.97 Å². The smallest absolute Gasteiger partial charge is 0.325 e. The molecule has 1 aromatic rings. The molecule has 0 aliphatic heterocycles. The summed E-state index contributed by atoms with van der Waals surface area (Å²) >= 11 is 0. The lowest BCUT2D eigenvalue weighted by molar-refractivity contribution is -0.144. The lowest BCUT2D eigenvalue weighted by Gasteiger charge is -2.35. The molecule has 1 saturated carbocycles. The van der Waals surface area contributed by atoms with Gasteiger partial charge in [-0.05, 0) is 32.9 Å². The number of likely N-dealkylation sites (N-methyl/N-ethyl adjacent to an activating group) is 1. The zero-order chi connectivity index (χ0) is 14.7. The molecule has 0 spiro atoms. The standard InChI is InChI=1S/C16H23NO3/c1-11-8-9-14(18)13(10-11)15(16(19)20)17(2)12-6-4-3-5-7-12/h8-10,12,15,18H,3-7H2,1-2H3,(H,19,20). The second-order valence-corrected chi connectivity index (χ2v) is 5.76. The van der Waals surface area contributed by atoms with E-state index in [2.05, 4.69) is 0 Å². The van der Waals surface area contributed by atoms with E-state index in [9.17, 15) is 15.0 Å². The number of phenolic OH excluding ortho intramolecular Hbond substituents is 1. The van der Waals surface area contributed by atoms with E-state index >= 15 is 0 Å². The number of phenols is 1. The van der Waals surface area contributed by atoms with E-state index in [4.69, 9.17) is 0 Å². The number of carboxylic acids is 1. The predicted molar refractivity (Wildman–Crippen MR) is 77.9 cm³/mol. The van der Waals surface area contributed by atoms with Crippen molar-refractivity contribution in [3.05, 3.63) is 29.3 Å². The summed E-state index contributed by atoms with van der Waals surface area (Å²) in [7, 11) is 1.86. The second-order valence-electron chi connectivity index (χ2n) is 5.76. The molecule has 2 N–H and O–H groups in total. The van der Waals surface area contributed by atoms with Gasteiger partial charge in [0.2, 0.25) is 0 Å². The summed E-state index contributed by atoms with van der Waals surface area (Å²) in [5, 5.41) is 19.6. The van der Waals surface area contributed by atoms with Crippen molar-refractivity contribution in [3.63, 3.8) is 0 Å². The summed E-state index contributed by atoms with van der Waals surface area (Å²) in [5.74, 6) is -0.843. The number of aromatic hydroxyl groups is 1. The third kappa shape index (κ3) is 3.12. The summed E-state index contributed by atoms with van der Waals surface area (Å²) < 4.78 is 0. The molecule has 0 aromatic heterocycles. The van der Waals surface area contributed by atoms with Crippen molar-refractivity contribution < 1.29 is 15.0 Å². The molecule has 1 aromatic carbocycles. The molecule has 0 heterocycles. The first kappa shape index (κ1) is 14.9. The molecular formula is C16H23NO3. The highest BCUT2D eigenvalue weighted by atomic mass is 16.4. The Balaban J connectivity index is 2.30. The fraction of sp³-hybridized carbons (Fsp3) is 0.562. The van der Waals surface area contributed by atoms with Crippen LogP contribution in [0.2, 0.25) is 0 Å². The summed E-state index contributed by atoms with van der Waals surface area (Å²) in [6, 6.07) is 4.64. The van der Waals surface area contributed by atoms with E-state index in [-0.39, 0.29) is 11.8 Å². The first-order chi connectivity index (χ1) is 9.50. The number of hydrogen-bond acceptors (Lipinski definition) is 3. The van der Waals surface area contributed by atoms with Gasteiger partial charge in [0.05, 0.1) is 0 Å². The van der Waals surface area contributed by atoms with Crippen LogP contribution >= 0.6 is 0 Å². The summed E-state index contributed by atoms with van der Waals surface area (Å²) in [4.78, 5) is 13.6. The lowest BCUT2D eigenvalue weighted by atomic mass is 9.92. The maximum absolute atomic E-state index is 11.7. The summed E-state index contributed by atoms with van der Waals surface area (Å²) in [6.07, 6.45) is 5.61. The van der Waals surface area contributed by atoms with E-state index in [1.165, 1.54) is 6.42 Å². The van der Waals surface area contributed by atoms with Crippen LogP contribution < -0.4 is 0 Å². The van der Waals surface area contributed by atoms with Crippen LogP contribution in [0.15, 0.2) is 18.2 Å². The van der Waals surface area contributed by atoms with Crippen LogP contribution in [0.1, 0.15) is 49.3 Å². The van der Waals surface area contributed by atoms with Crippen molar-refractivity contribution in [3.8, 4) is 5.75 Å². The number of aryl methyl sites for hydroxylation is 1. The molecule has 1 aliphatic carbocycles. The Kier molecular flexibility index (Phi) is 4.65. The SMILES string of the molecule is Cc1ccc(O)c(C(C(=O)O)N(C)C2CCCCC2)c1. The fourth-order valence-corrected chi connectivity index (χ4v) is 3.12. The first-order valence-corrected chi connectivity index (χ1v) is 7.25. The topological polar surface area (TPSA) is 60.8 Å². The average Bonchev–Trinajstić information content (AvgIpc) is 2.43. The third-order valence-corrected chi connectivity index (χ3v) is 4.27. The molecule has 0 saturated heterocycles. The minimum absolute atomic E-state index is 0.0608. The zero-order valence-corrected chi connectivity index (χ0v) is 12.2. The number of aliphatic carboxylic acids is 1. The summed E-state index contributed by atoms with van der Waals surface area (Å²) in [5.41, 5.74) is 1.45. The van der Waals surface area contributed by atoms with E-state index in [0.717, 1.165) is 31.2 Å². The predicted octanol–water partition coefficient (Wildman–Crippen LogP) is 3.09. The Hall–Kier alpha value is -1.55. The first-order valence-electron chi connectivity index (χ1n) is 7.25. The van der Waals surface area contributed by atoms with Gasteiger partial charge in [-0.1, -0.05) is 37.0 Å². The average molecular weight is 277 g/mol. The maximum atomic E-state index is 11.7. The van der Waals surface area contributed by atoms with Crippen LogP contribution in [-0.2, 0) is 4.79 Å². The van der Waals surface area contributed by atoms with Crippen LogP contribution in [0.25, 0.3) is 0 Å². The van der Waals surface area contributed by atoms with Gasteiger partial charge in [-0.15, -0.1) is 0 Å². The molecule has 2 rings (SSSR count). The molecule has 1 atom stereocenters. The number of nitrogens with zero attached hydrogens (tertiary/aromatic N) is 1. The third-order valence-electron chi connectivity index (χ3n) is 4.27. The monoisotopic (exact) mass is 277 g/mol. The molecule has 4 heteroatoms. The Morgan fingerprint density at radius 2 is 1.95 bits per heavy atom. The quantitative estimate of drug-likeness (QED) is 0.888. The normalized spacial score (nSPS) is 18.1. The van der Waals surface area contributed by atoms with Crippen LogP contribution in [0.4, 0.5) is 0 Å². The molecule has 1 aliphatic rings. The van der Waals surface area contributed by atoms with E-state index in [0.29, 0.717) is 5.56 Å². The van der Waals surface area contributed by atoms with E-state index in [1.807, 2.05) is 18.9 Å². The van der Waals surface area contributed by atoms with Crippen LogP contribution in [0.5, 0.6) is 5.75 Å². The van der Waals surface area contributed by atoms with Crippen molar-refractivity contribution in [2.75, 3.05) is 7.05 Å². The maximum Gasteiger partial charge on any atom is 0.325 e. The molecule has 0 radical (unpaired) electrons. The Morgan fingerprint density at radius 1 is 1.30 bits per heavy atom. The van der Waals surface area contributed by atoms with Crippen LogP contribution in [0.3, 0.4) is 0 Å². The van der Waals surface area contributed by atoms with Crippen molar-refractivity contribution in [2.45, 2.75) is 51.1 Å². The van der Waals surface area contributed by atoms with Crippen molar-refractivity contribution in [1.29, 1.82) is 0 Å². The van der Waals surface area contributed by atoms with Gasteiger partial charge < -0.3 is 10.2 Å². The van der Waals surface area contributed by atoms with Gasteiger partial charge in [0.25, 0.3) is 0 Å². The molecule has 110 valence electrons. The number of benzene rings is 1. The molecular weight excluding hydrogens is 254 g/mol. The van der Waals surface area contributed by atoms with E-state index < -0.39 is 12.0 Å². The van der Waals surface area contributed by atoms with Crippen molar-refractivity contribution in [2.24, 2.45) is 0 Å². The van der Waals surface area contributed by atoms with Gasteiger partial charge in [-0.25, -0.2) is 0 Å². The van der Waals surface area contributed by atoms with Gasteiger partial charge in [-0.3, -0.25) is 9.69 Å². The Labute approximate surface area is 120 Å². The number of rotatable bonds is 4. The fourth-order valence-electron chi connectivity index (χ4n) is 3.12. The van der Waals surface area contributed by atoms with Gasteiger partial charge in [0, 0.05) is 11.6 Å². The highest BCUT2D eigenvalue weighted by Gasteiger charge is 2.32. The minimum Gasteiger partial charge on any atom is -0.508 e. The van der Waals surface area contributed by atoms with Crippen molar-refractivity contribution >= 4 is 5.97 Å². The van der Waals surface area contributed by atoms with Gasteiger partial charge in [0.15, 0.2) is 0 Å². The number of hydrogen-bond donors (Lipinski definition) is 2. The van der Waals surface area contributed by atoms with Gasteiger partial charge in [0.1, 0.15) is 11.8 Å². The van der Waals surface area contributed by atoms with Crippen molar-refractivity contribution in [1.82, 2.24) is 4.90 Å². The highest BCUT2D eigenvalue weighted by Crippen LogP contribution is 2.33. The molecule has 1 unspecified atom stereocenters. The highest BCUT2D eigenvalue weighted by molar-refractivity contribution is 5.76. The molecule has 20 heavy (non-hydrogen) atoms. The zero-order valence-electron chi connectivity index (χ0n) is 12.2. The molecule has 0 bridgehead atoms. The van der Waals surface area contributed by atoms with Crippen LogP contribution in [0, 0.1) is 6.92 Å². The largest absolute Gasteiger partial charge is 0.508 e. The van der Waals surface area contributed by atoms with E-state index in [1.54, 1.807) is 18.2 Å². The molecule has 1 fully saturated rings. The number of carbonyl (C=O) groups is 1. The minimum atomic E-state index is -0.904. The number of carboxylic acid groups (broad SMARTS) is 1. The van der Waals surface area contributed by atoms with Crippen LogP contribution in [-0.4, -0.2) is 34.2 Å². The Bertz CT molecular complexity index is 481. The molecule has 4 nitrogen and oxygen atoms in total. The Morgan fingerprint density at radius 3 is 2.55 bits per heavy atom. The summed E-state index contributed by atoms with van der Waals surface area (Å²) in [6.45, 7) is 1.91. The molecule has 0 amide bonds.